The highest BCUT2D eigenvalue weighted by atomic mass is 16.5. The molecule has 1 aliphatic rings. The molecule has 3 N–H and O–H groups in total. The van der Waals surface area contributed by atoms with E-state index in [9.17, 15) is 19.2 Å². The van der Waals surface area contributed by atoms with Crippen LogP contribution in [0.25, 0.3) is 0 Å². The number of unbranched alkanes of at least 4 members (excludes halogenated alkanes) is 3. The van der Waals surface area contributed by atoms with Crippen LogP contribution in [0.2, 0.25) is 0 Å². The van der Waals surface area contributed by atoms with Crippen molar-refractivity contribution in [2.75, 3.05) is 6.61 Å². The smallest absolute Gasteiger partial charge is 0.310 e. The number of aliphatic carboxylic acids is 3. The molecule has 2 atom stereocenters. The number of hydrogen-bond acceptors (Lipinski definition) is 5. The zero-order valence-electron chi connectivity index (χ0n) is 12.2. The van der Waals surface area contributed by atoms with E-state index in [2.05, 4.69) is 0 Å². The van der Waals surface area contributed by atoms with E-state index in [1.165, 1.54) is 0 Å². The van der Waals surface area contributed by atoms with Crippen molar-refractivity contribution in [3.8, 4) is 0 Å². The summed E-state index contributed by atoms with van der Waals surface area (Å²) in [5.74, 6) is -11.7. The van der Waals surface area contributed by atoms with Crippen LogP contribution in [0.4, 0.5) is 0 Å². The SMILES string of the molecule is CCCCCCOC(=O)C1C(C(=O)O)C(C(=O)O)C1C(=O)O. The molecule has 124 valence electrons. The minimum absolute atomic E-state index is 0.0751. The van der Waals surface area contributed by atoms with Crippen molar-refractivity contribution < 1.29 is 39.2 Å². The van der Waals surface area contributed by atoms with Crippen LogP contribution in [-0.2, 0) is 23.9 Å². The van der Waals surface area contributed by atoms with E-state index in [4.69, 9.17) is 20.1 Å². The minimum atomic E-state index is -1.62. The van der Waals surface area contributed by atoms with Gasteiger partial charge in [-0.25, -0.2) is 0 Å². The highest BCUT2D eigenvalue weighted by Crippen LogP contribution is 2.47. The fraction of sp³-hybridized carbons (Fsp3) is 0.714. The minimum Gasteiger partial charge on any atom is -0.481 e. The summed E-state index contributed by atoms with van der Waals surface area (Å²) in [5.41, 5.74) is 0. The van der Waals surface area contributed by atoms with Gasteiger partial charge in [-0.15, -0.1) is 0 Å². The molecular weight excluding hydrogens is 296 g/mol. The van der Waals surface area contributed by atoms with Crippen molar-refractivity contribution in [1.29, 1.82) is 0 Å². The quantitative estimate of drug-likeness (QED) is 0.420. The summed E-state index contributed by atoms with van der Waals surface area (Å²) in [4.78, 5) is 45.2. The van der Waals surface area contributed by atoms with Gasteiger partial charge >= 0.3 is 23.9 Å². The van der Waals surface area contributed by atoms with Crippen molar-refractivity contribution in [1.82, 2.24) is 0 Å². The fourth-order valence-corrected chi connectivity index (χ4v) is 2.76. The first-order chi connectivity index (χ1) is 10.3. The van der Waals surface area contributed by atoms with Crippen LogP contribution < -0.4 is 0 Å². The fourth-order valence-electron chi connectivity index (χ4n) is 2.76. The van der Waals surface area contributed by atoms with Crippen LogP contribution in [0.3, 0.4) is 0 Å². The van der Waals surface area contributed by atoms with Gasteiger partial charge in [0.2, 0.25) is 0 Å². The molecule has 0 amide bonds. The zero-order chi connectivity index (χ0) is 16.9. The number of hydrogen-bond donors (Lipinski definition) is 3. The zero-order valence-corrected chi connectivity index (χ0v) is 12.2. The van der Waals surface area contributed by atoms with Crippen molar-refractivity contribution in [3.05, 3.63) is 0 Å². The highest BCUT2D eigenvalue weighted by Gasteiger charge is 2.64. The Labute approximate surface area is 127 Å². The molecule has 1 rings (SSSR count). The Bertz CT molecular complexity index is 436. The number of carboxylic acid groups (broad SMARTS) is 3. The molecule has 22 heavy (non-hydrogen) atoms. The summed E-state index contributed by atoms with van der Waals surface area (Å²) >= 11 is 0. The molecule has 0 bridgehead atoms. The first-order valence-electron chi connectivity index (χ1n) is 7.18. The Morgan fingerprint density at radius 3 is 1.64 bits per heavy atom. The van der Waals surface area contributed by atoms with E-state index >= 15 is 0 Å². The predicted octanol–water partition coefficient (Wildman–Crippen LogP) is 0.842. The number of carboxylic acids is 3. The summed E-state index contributed by atoms with van der Waals surface area (Å²) < 4.78 is 4.92. The second-order valence-electron chi connectivity index (χ2n) is 5.35. The standard InChI is InChI=1S/C14H20O8/c1-2-3-4-5-6-22-14(21)10-8(12(17)18)7(11(15)16)9(10)13(19)20/h7-10H,2-6H2,1H3,(H,15,16)(H,17,18)(H,19,20). The summed E-state index contributed by atoms with van der Waals surface area (Å²) in [5, 5.41) is 27.1. The summed E-state index contributed by atoms with van der Waals surface area (Å²) in [6.45, 7) is 2.09. The van der Waals surface area contributed by atoms with Crippen molar-refractivity contribution >= 4 is 23.9 Å². The number of esters is 1. The van der Waals surface area contributed by atoms with Gasteiger partial charge < -0.3 is 20.1 Å². The number of ether oxygens (including phenoxy) is 1. The lowest BCUT2D eigenvalue weighted by Gasteiger charge is -2.43. The number of rotatable bonds is 9. The third-order valence-corrected chi connectivity index (χ3v) is 3.92. The lowest BCUT2D eigenvalue weighted by atomic mass is 9.56. The van der Waals surface area contributed by atoms with Gasteiger partial charge in [0, 0.05) is 0 Å². The van der Waals surface area contributed by atoms with Gasteiger partial charge in [-0.2, -0.15) is 0 Å². The number of carbonyl (C=O) groups is 4. The van der Waals surface area contributed by atoms with E-state index < -0.39 is 47.5 Å². The van der Waals surface area contributed by atoms with Gasteiger partial charge in [-0.1, -0.05) is 26.2 Å². The van der Waals surface area contributed by atoms with E-state index in [0.717, 1.165) is 19.3 Å². The molecule has 0 aliphatic heterocycles. The predicted molar refractivity (Wildman–Crippen MR) is 72.0 cm³/mol. The lowest BCUT2D eigenvalue weighted by Crippen LogP contribution is -2.60. The van der Waals surface area contributed by atoms with Gasteiger partial charge in [0.15, 0.2) is 0 Å². The molecule has 0 aromatic heterocycles. The Morgan fingerprint density at radius 2 is 1.23 bits per heavy atom. The monoisotopic (exact) mass is 316 g/mol. The summed E-state index contributed by atoms with van der Waals surface area (Å²) in [6, 6.07) is 0. The maximum atomic E-state index is 11.9. The van der Waals surface area contributed by atoms with Crippen LogP contribution in [-0.4, -0.2) is 45.8 Å². The second kappa shape index (κ2) is 7.77. The Balaban J connectivity index is 2.72. The molecule has 0 aromatic rings. The maximum absolute atomic E-state index is 11.9. The van der Waals surface area contributed by atoms with Crippen LogP contribution >= 0.6 is 0 Å². The van der Waals surface area contributed by atoms with Crippen LogP contribution in [0.5, 0.6) is 0 Å². The molecule has 2 unspecified atom stereocenters. The molecule has 0 saturated heterocycles. The Kier molecular flexibility index (Phi) is 6.33. The third kappa shape index (κ3) is 3.75. The summed E-state index contributed by atoms with van der Waals surface area (Å²) in [6.07, 6.45) is 3.41. The van der Waals surface area contributed by atoms with E-state index in [0.29, 0.717) is 6.42 Å². The third-order valence-electron chi connectivity index (χ3n) is 3.92. The molecule has 1 aliphatic carbocycles. The van der Waals surface area contributed by atoms with E-state index in [1.807, 2.05) is 6.92 Å². The van der Waals surface area contributed by atoms with Crippen molar-refractivity contribution in [3.63, 3.8) is 0 Å². The normalized spacial score (nSPS) is 26.8. The molecule has 1 saturated carbocycles. The molecule has 1 fully saturated rings. The Hall–Kier alpha value is -2.12. The van der Waals surface area contributed by atoms with Crippen LogP contribution in [0, 0.1) is 23.7 Å². The lowest BCUT2D eigenvalue weighted by molar-refractivity contribution is -0.194. The van der Waals surface area contributed by atoms with Crippen molar-refractivity contribution in [2.45, 2.75) is 32.6 Å². The van der Waals surface area contributed by atoms with Gasteiger partial charge in [0.25, 0.3) is 0 Å². The van der Waals surface area contributed by atoms with Crippen molar-refractivity contribution in [2.24, 2.45) is 23.7 Å². The topological polar surface area (TPSA) is 138 Å². The first kappa shape index (κ1) is 17.9. The maximum Gasteiger partial charge on any atom is 0.310 e. The molecule has 0 radical (unpaired) electrons. The van der Waals surface area contributed by atoms with Gasteiger partial charge in [-0.05, 0) is 6.42 Å². The Morgan fingerprint density at radius 1 is 0.773 bits per heavy atom. The molecule has 8 nitrogen and oxygen atoms in total. The molecular formula is C14H20O8. The van der Waals surface area contributed by atoms with E-state index in [1.54, 1.807) is 0 Å². The average molecular weight is 316 g/mol. The average Bonchev–Trinajstić information content (AvgIpc) is 2.35. The van der Waals surface area contributed by atoms with Gasteiger partial charge in [-0.3, -0.25) is 19.2 Å². The molecule has 0 aromatic carbocycles. The van der Waals surface area contributed by atoms with Crippen LogP contribution in [0.1, 0.15) is 32.6 Å². The molecule has 0 spiro atoms. The second-order valence-corrected chi connectivity index (χ2v) is 5.35. The first-order valence-corrected chi connectivity index (χ1v) is 7.18. The highest BCUT2D eigenvalue weighted by molar-refractivity contribution is 5.96. The molecule has 0 heterocycles. The van der Waals surface area contributed by atoms with Gasteiger partial charge in [0.1, 0.15) is 0 Å². The summed E-state index contributed by atoms with van der Waals surface area (Å²) in [7, 11) is 0. The van der Waals surface area contributed by atoms with Crippen LogP contribution in [0.15, 0.2) is 0 Å². The number of carbonyl (C=O) groups excluding carboxylic acids is 1. The largest absolute Gasteiger partial charge is 0.481 e. The van der Waals surface area contributed by atoms with Gasteiger partial charge in [0.05, 0.1) is 30.3 Å². The molecule has 8 heteroatoms. The van der Waals surface area contributed by atoms with E-state index in [-0.39, 0.29) is 6.61 Å².